The molecule has 0 aromatic rings. The van der Waals surface area contributed by atoms with E-state index in [9.17, 15) is 0 Å². The summed E-state index contributed by atoms with van der Waals surface area (Å²) in [6.45, 7) is 6.01. The van der Waals surface area contributed by atoms with Gasteiger partial charge in [0.25, 0.3) is 0 Å². The molecule has 0 spiro atoms. The lowest BCUT2D eigenvalue weighted by molar-refractivity contribution is -0.0389. The second kappa shape index (κ2) is 6.79. The molecular formula is C18H34N2. The minimum atomic E-state index is 0.806. The smallest absolute Gasteiger partial charge is 0.0127 e. The zero-order valence-electron chi connectivity index (χ0n) is 13.6. The summed E-state index contributed by atoms with van der Waals surface area (Å²) in [5.41, 5.74) is 0. The van der Waals surface area contributed by atoms with E-state index >= 15 is 0 Å². The van der Waals surface area contributed by atoms with Crippen LogP contribution in [0.2, 0.25) is 0 Å². The first-order chi connectivity index (χ1) is 9.79. The van der Waals surface area contributed by atoms with E-state index in [1.54, 1.807) is 0 Å². The molecule has 4 atom stereocenters. The largest absolute Gasteiger partial charge is 0.314 e. The maximum atomic E-state index is 3.81. The Kier molecular flexibility index (Phi) is 5.04. The van der Waals surface area contributed by atoms with E-state index in [0.717, 1.165) is 30.1 Å². The number of piperidine rings is 2. The molecule has 2 saturated heterocycles. The lowest BCUT2D eigenvalue weighted by Gasteiger charge is -2.54. The quantitative estimate of drug-likeness (QED) is 0.837. The predicted molar refractivity (Wildman–Crippen MR) is 86.0 cm³/mol. The van der Waals surface area contributed by atoms with Crippen molar-refractivity contribution in [1.29, 1.82) is 0 Å². The van der Waals surface area contributed by atoms with E-state index in [0.29, 0.717) is 0 Å². The van der Waals surface area contributed by atoms with Crippen LogP contribution in [0.3, 0.4) is 0 Å². The maximum Gasteiger partial charge on any atom is 0.0127 e. The average molecular weight is 278 g/mol. The van der Waals surface area contributed by atoms with E-state index in [4.69, 9.17) is 0 Å². The van der Waals surface area contributed by atoms with Crippen LogP contribution in [0.15, 0.2) is 0 Å². The van der Waals surface area contributed by atoms with Crippen molar-refractivity contribution >= 4 is 0 Å². The molecule has 2 heteroatoms. The van der Waals surface area contributed by atoms with E-state index < -0.39 is 0 Å². The highest BCUT2D eigenvalue weighted by molar-refractivity contribution is 4.99. The summed E-state index contributed by atoms with van der Waals surface area (Å²) in [5.74, 6) is 0.937. The Morgan fingerprint density at radius 3 is 2.30 bits per heavy atom. The molecule has 3 aliphatic rings. The van der Waals surface area contributed by atoms with Gasteiger partial charge in [-0.15, -0.1) is 0 Å². The lowest BCUT2D eigenvalue weighted by atomic mass is 9.76. The Bertz CT molecular complexity index is 290. The molecule has 1 saturated carbocycles. The zero-order valence-corrected chi connectivity index (χ0v) is 13.6. The van der Waals surface area contributed by atoms with Crippen LogP contribution >= 0.6 is 0 Å². The molecular weight excluding hydrogens is 244 g/mol. The number of hydrogen-bond acceptors (Lipinski definition) is 2. The minimum Gasteiger partial charge on any atom is -0.314 e. The Morgan fingerprint density at radius 2 is 1.65 bits per heavy atom. The zero-order chi connectivity index (χ0) is 13.9. The molecule has 1 aliphatic carbocycles. The first-order valence-electron chi connectivity index (χ1n) is 9.30. The number of hydrogen-bond donors (Lipinski definition) is 1. The molecule has 1 N–H and O–H groups in total. The number of nitrogens with zero attached hydrogens (tertiary/aromatic N) is 1. The van der Waals surface area contributed by atoms with Crippen LogP contribution in [-0.4, -0.2) is 35.6 Å². The monoisotopic (exact) mass is 278 g/mol. The van der Waals surface area contributed by atoms with Crippen LogP contribution in [0, 0.1) is 5.92 Å². The topological polar surface area (TPSA) is 15.3 Å². The van der Waals surface area contributed by atoms with Gasteiger partial charge in [-0.2, -0.15) is 0 Å². The highest BCUT2D eigenvalue weighted by atomic mass is 15.2. The normalized spacial score (nSPS) is 42.6. The molecule has 0 aromatic carbocycles. The fourth-order valence-electron chi connectivity index (χ4n) is 5.21. The van der Waals surface area contributed by atoms with Crippen molar-refractivity contribution in [2.45, 2.75) is 102 Å². The molecule has 2 nitrogen and oxygen atoms in total. The van der Waals surface area contributed by atoms with Crippen molar-refractivity contribution in [1.82, 2.24) is 10.2 Å². The Hall–Kier alpha value is -0.0800. The van der Waals surface area contributed by atoms with Gasteiger partial charge < -0.3 is 5.32 Å². The SMILES string of the molecule is CCCNC1CC2CCCC(C1)N2C1CCCCC1C. The summed E-state index contributed by atoms with van der Waals surface area (Å²) in [4.78, 5) is 3.01. The van der Waals surface area contributed by atoms with Gasteiger partial charge in [0, 0.05) is 24.2 Å². The van der Waals surface area contributed by atoms with Crippen LogP contribution < -0.4 is 5.32 Å². The molecule has 3 fully saturated rings. The van der Waals surface area contributed by atoms with Crippen LogP contribution in [0.4, 0.5) is 0 Å². The summed E-state index contributed by atoms with van der Waals surface area (Å²) in [6.07, 6.45) is 14.4. The van der Waals surface area contributed by atoms with Gasteiger partial charge in [0.1, 0.15) is 0 Å². The standard InChI is InChI=1S/C18H34N2/c1-3-11-19-15-12-16-8-6-9-17(13-15)20(16)18-10-5-4-7-14(18)2/h14-19H,3-13H2,1-2H3. The van der Waals surface area contributed by atoms with Crippen LogP contribution in [0.1, 0.15) is 78.1 Å². The van der Waals surface area contributed by atoms with E-state index in [2.05, 4.69) is 24.1 Å². The summed E-state index contributed by atoms with van der Waals surface area (Å²) in [5, 5.41) is 3.81. The van der Waals surface area contributed by atoms with Gasteiger partial charge in [0.05, 0.1) is 0 Å². The van der Waals surface area contributed by atoms with Gasteiger partial charge in [0.15, 0.2) is 0 Å². The molecule has 116 valence electrons. The van der Waals surface area contributed by atoms with Crippen molar-refractivity contribution < 1.29 is 0 Å². The second-order valence-corrected chi connectivity index (χ2v) is 7.64. The molecule has 2 aliphatic heterocycles. The van der Waals surface area contributed by atoms with Crippen molar-refractivity contribution in [3.8, 4) is 0 Å². The van der Waals surface area contributed by atoms with Gasteiger partial charge in [-0.3, -0.25) is 4.90 Å². The van der Waals surface area contributed by atoms with E-state index in [1.165, 1.54) is 70.8 Å². The fraction of sp³-hybridized carbons (Fsp3) is 1.00. The first kappa shape index (κ1) is 14.8. The van der Waals surface area contributed by atoms with E-state index in [-0.39, 0.29) is 0 Å². The van der Waals surface area contributed by atoms with Gasteiger partial charge in [-0.05, 0) is 57.4 Å². The average Bonchev–Trinajstić information content (AvgIpc) is 2.45. The third kappa shape index (κ3) is 3.06. The number of rotatable bonds is 4. The number of fused-ring (bicyclic) bond motifs is 2. The van der Waals surface area contributed by atoms with Crippen LogP contribution in [0.5, 0.6) is 0 Å². The lowest BCUT2D eigenvalue weighted by Crippen LogP contribution is -2.61. The summed E-state index contributed by atoms with van der Waals surface area (Å²) < 4.78 is 0. The van der Waals surface area contributed by atoms with Crippen molar-refractivity contribution in [2.75, 3.05) is 6.54 Å². The molecule has 2 heterocycles. The predicted octanol–water partition coefficient (Wildman–Crippen LogP) is 3.95. The molecule has 3 rings (SSSR count). The third-order valence-corrected chi connectivity index (χ3v) is 6.16. The van der Waals surface area contributed by atoms with Crippen LogP contribution in [-0.2, 0) is 0 Å². The van der Waals surface area contributed by atoms with Crippen molar-refractivity contribution in [2.24, 2.45) is 5.92 Å². The van der Waals surface area contributed by atoms with Crippen molar-refractivity contribution in [3.63, 3.8) is 0 Å². The van der Waals surface area contributed by atoms with E-state index in [1.807, 2.05) is 0 Å². The van der Waals surface area contributed by atoms with Crippen molar-refractivity contribution in [3.05, 3.63) is 0 Å². The Labute approximate surface area is 125 Å². The molecule has 20 heavy (non-hydrogen) atoms. The highest BCUT2D eigenvalue weighted by Crippen LogP contribution is 2.40. The molecule has 2 bridgehead atoms. The van der Waals surface area contributed by atoms with Gasteiger partial charge in [-0.1, -0.05) is 33.1 Å². The Morgan fingerprint density at radius 1 is 0.950 bits per heavy atom. The minimum absolute atomic E-state index is 0.806. The van der Waals surface area contributed by atoms with Gasteiger partial charge in [0.2, 0.25) is 0 Å². The second-order valence-electron chi connectivity index (χ2n) is 7.64. The summed E-state index contributed by atoms with van der Waals surface area (Å²) >= 11 is 0. The first-order valence-corrected chi connectivity index (χ1v) is 9.30. The molecule has 0 amide bonds. The highest BCUT2D eigenvalue weighted by Gasteiger charge is 2.43. The Balaban J connectivity index is 1.66. The molecule has 0 aromatic heterocycles. The summed E-state index contributed by atoms with van der Waals surface area (Å²) in [7, 11) is 0. The molecule has 0 radical (unpaired) electrons. The molecule has 4 unspecified atom stereocenters. The number of nitrogens with one attached hydrogen (secondary N) is 1. The van der Waals surface area contributed by atoms with Gasteiger partial charge >= 0.3 is 0 Å². The maximum absolute atomic E-state index is 3.81. The summed E-state index contributed by atoms with van der Waals surface area (Å²) in [6, 6.07) is 3.50. The fourth-order valence-corrected chi connectivity index (χ4v) is 5.21. The van der Waals surface area contributed by atoms with Gasteiger partial charge in [-0.25, -0.2) is 0 Å². The van der Waals surface area contributed by atoms with Crippen LogP contribution in [0.25, 0.3) is 0 Å². The third-order valence-electron chi connectivity index (χ3n) is 6.16.